The second-order valence-electron chi connectivity index (χ2n) is 4.63. The number of imidazole rings is 1. The van der Waals surface area contributed by atoms with Crippen molar-refractivity contribution < 1.29 is 9.90 Å². The van der Waals surface area contributed by atoms with Crippen LogP contribution >= 0.6 is 0 Å². The normalized spacial score (nSPS) is 11.1. The number of nitrogens with zero attached hydrogens (tertiary/aromatic N) is 3. The van der Waals surface area contributed by atoms with Crippen LogP contribution in [0.3, 0.4) is 0 Å². The molecule has 2 heterocycles. The molecule has 18 heavy (non-hydrogen) atoms. The Labute approximate surface area is 106 Å². The van der Waals surface area contributed by atoms with Crippen LogP contribution < -0.4 is 0 Å². The third kappa shape index (κ3) is 2.16. The van der Waals surface area contributed by atoms with E-state index in [0.29, 0.717) is 18.2 Å². The number of aromatic carboxylic acids is 1. The molecule has 0 saturated heterocycles. The first-order chi connectivity index (χ1) is 8.50. The molecule has 1 N–H and O–H groups in total. The van der Waals surface area contributed by atoms with E-state index in [4.69, 9.17) is 5.11 Å². The van der Waals surface area contributed by atoms with Gasteiger partial charge in [-0.25, -0.2) is 9.78 Å². The van der Waals surface area contributed by atoms with Crippen LogP contribution in [0, 0.1) is 6.92 Å². The SMILES string of the molecule is Cc1c(C(=O)O)ccn1Cc1cncn1C(C)C. The fourth-order valence-corrected chi connectivity index (χ4v) is 2.04. The standard InChI is InChI=1S/C13H17N3O2/c1-9(2)16-8-14-6-11(16)7-15-5-4-12(10(15)3)13(17)18/h4-6,8-9H,7H2,1-3H3,(H,17,18). The molecule has 0 atom stereocenters. The first-order valence-corrected chi connectivity index (χ1v) is 5.90. The van der Waals surface area contributed by atoms with Crippen molar-refractivity contribution in [2.24, 2.45) is 0 Å². The molecule has 0 amide bonds. The van der Waals surface area contributed by atoms with Crippen molar-refractivity contribution in [3.8, 4) is 0 Å². The maximum atomic E-state index is 11.0. The van der Waals surface area contributed by atoms with Gasteiger partial charge in [-0.15, -0.1) is 0 Å². The Balaban J connectivity index is 2.29. The lowest BCUT2D eigenvalue weighted by molar-refractivity contribution is 0.0696. The molecule has 2 aromatic rings. The highest BCUT2D eigenvalue weighted by Crippen LogP contribution is 2.15. The molecule has 0 radical (unpaired) electrons. The van der Waals surface area contributed by atoms with Gasteiger partial charge in [-0.3, -0.25) is 0 Å². The summed E-state index contributed by atoms with van der Waals surface area (Å²) in [5.41, 5.74) is 2.19. The molecule has 0 aliphatic rings. The lowest BCUT2D eigenvalue weighted by Gasteiger charge is -2.13. The number of hydrogen-bond donors (Lipinski definition) is 1. The number of carboxylic acid groups (broad SMARTS) is 1. The minimum atomic E-state index is -0.886. The van der Waals surface area contributed by atoms with Crippen molar-refractivity contribution in [2.75, 3.05) is 0 Å². The number of rotatable bonds is 4. The third-order valence-electron chi connectivity index (χ3n) is 3.11. The molecule has 0 spiro atoms. The number of aromatic nitrogens is 3. The van der Waals surface area contributed by atoms with Crippen molar-refractivity contribution in [2.45, 2.75) is 33.4 Å². The maximum Gasteiger partial charge on any atom is 0.337 e. The van der Waals surface area contributed by atoms with E-state index in [2.05, 4.69) is 23.4 Å². The van der Waals surface area contributed by atoms with Crippen molar-refractivity contribution in [3.05, 3.63) is 41.7 Å². The smallest absolute Gasteiger partial charge is 0.337 e. The van der Waals surface area contributed by atoms with Gasteiger partial charge in [0.2, 0.25) is 0 Å². The summed E-state index contributed by atoms with van der Waals surface area (Å²) in [6, 6.07) is 1.98. The molecule has 0 fully saturated rings. The first-order valence-electron chi connectivity index (χ1n) is 5.90. The van der Waals surface area contributed by atoms with Crippen LogP contribution in [0.1, 0.15) is 41.6 Å². The molecule has 0 saturated carbocycles. The van der Waals surface area contributed by atoms with Gasteiger partial charge in [0.15, 0.2) is 0 Å². The summed E-state index contributed by atoms with van der Waals surface area (Å²) in [4.78, 5) is 15.1. The molecule has 0 aromatic carbocycles. The van der Waals surface area contributed by atoms with Crippen molar-refractivity contribution in [3.63, 3.8) is 0 Å². The summed E-state index contributed by atoms with van der Waals surface area (Å²) >= 11 is 0. The van der Waals surface area contributed by atoms with E-state index in [1.807, 2.05) is 17.7 Å². The van der Waals surface area contributed by atoms with Gasteiger partial charge in [0.05, 0.1) is 24.1 Å². The van der Waals surface area contributed by atoms with Crippen molar-refractivity contribution in [1.29, 1.82) is 0 Å². The molecule has 2 rings (SSSR count). The molecule has 5 heteroatoms. The van der Waals surface area contributed by atoms with Gasteiger partial charge >= 0.3 is 5.97 Å². The van der Waals surface area contributed by atoms with Gasteiger partial charge in [-0.05, 0) is 26.8 Å². The van der Waals surface area contributed by atoms with E-state index < -0.39 is 5.97 Å². The number of carbonyl (C=O) groups is 1. The summed E-state index contributed by atoms with van der Waals surface area (Å²) in [6.45, 7) is 6.64. The maximum absolute atomic E-state index is 11.0. The average molecular weight is 247 g/mol. The second-order valence-corrected chi connectivity index (χ2v) is 4.63. The van der Waals surface area contributed by atoms with E-state index in [9.17, 15) is 4.79 Å². The van der Waals surface area contributed by atoms with E-state index in [-0.39, 0.29) is 0 Å². The van der Waals surface area contributed by atoms with Crippen LogP contribution in [0.15, 0.2) is 24.8 Å². The summed E-state index contributed by atoms with van der Waals surface area (Å²) in [6.07, 6.45) is 5.42. The fourth-order valence-electron chi connectivity index (χ4n) is 2.04. The van der Waals surface area contributed by atoms with Crippen molar-refractivity contribution in [1.82, 2.24) is 14.1 Å². The zero-order chi connectivity index (χ0) is 13.3. The Hall–Kier alpha value is -2.04. The third-order valence-corrected chi connectivity index (χ3v) is 3.11. The molecule has 2 aromatic heterocycles. The van der Waals surface area contributed by atoms with Gasteiger partial charge in [-0.1, -0.05) is 0 Å². The highest BCUT2D eigenvalue weighted by Gasteiger charge is 2.13. The Kier molecular flexibility index (Phi) is 3.23. The van der Waals surface area contributed by atoms with Gasteiger partial charge in [0, 0.05) is 24.1 Å². The van der Waals surface area contributed by atoms with E-state index in [1.165, 1.54) is 0 Å². The van der Waals surface area contributed by atoms with Crippen LogP contribution in [-0.2, 0) is 6.54 Å². The molecular formula is C13H17N3O2. The highest BCUT2D eigenvalue weighted by molar-refractivity contribution is 5.88. The minimum absolute atomic E-state index is 0.345. The monoisotopic (exact) mass is 247 g/mol. The van der Waals surface area contributed by atoms with Crippen LogP contribution in [0.25, 0.3) is 0 Å². The number of carboxylic acids is 1. The highest BCUT2D eigenvalue weighted by atomic mass is 16.4. The molecule has 0 aliphatic heterocycles. The molecule has 96 valence electrons. The van der Waals surface area contributed by atoms with E-state index >= 15 is 0 Å². The predicted molar refractivity (Wildman–Crippen MR) is 67.8 cm³/mol. The predicted octanol–water partition coefficient (Wildman–Crippen LogP) is 2.32. The van der Waals surface area contributed by atoms with Gasteiger partial charge in [0.1, 0.15) is 0 Å². The molecule has 0 unspecified atom stereocenters. The van der Waals surface area contributed by atoms with Crippen molar-refractivity contribution >= 4 is 5.97 Å². The summed E-state index contributed by atoms with van der Waals surface area (Å²) in [5.74, 6) is -0.886. The Morgan fingerprint density at radius 3 is 2.78 bits per heavy atom. The molecule has 0 bridgehead atoms. The number of hydrogen-bond acceptors (Lipinski definition) is 2. The Morgan fingerprint density at radius 1 is 1.50 bits per heavy atom. The Morgan fingerprint density at radius 2 is 2.22 bits per heavy atom. The van der Waals surface area contributed by atoms with Crippen LogP contribution in [-0.4, -0.2) is 25.2 Å². The zero-order valence-corrected chi connectivity index (χ0v) is 10.8. The lowest BCUT2D eigenvalue weighted by Crippen LogP contribution is -2.10. The first kappa shape index (κ1) is 12.4. The second kappa shape index (κ2) is 4.68. The quantitative estimate of drug-likeness (QED) is 0.902. The van der Waals surface area contributed by atoms with Gasteiger partial charge in [0.25, 0.3) is 0 Å². The van der Waals surface area contributed by atoms with E-state index in [1.54, 1.807) is 18.6 Å². The molecular weight excluding hydrogens is 230 g/mol. The lowest BCUT2D eigenvalue weighted by atomic mass is 10.2. The summed E-state index contributed by atoms with van der Waals surface area (Å²) < 4.78 is 4.01. The fraction of sp³-hybridized carbons (Fsp3) is 0.385. The van der Waals surface area contributed by atoms with Crippen LogP contribution in [0.5, 0.6) is 0 Å². The van der Waals surface area contributed by atoms with Crippen LogP contribution in [0.2, 0.25) is 0 Å². The average Bonchev–Trinajstić information content (AvgIpc) is 2.87. The largest absolute Gasteiger partial charge is 0.478 e. The summed E-state index contributed by atoms with van der Waals surface area (Å²) in [7, 11) is 0. The summed E-state index contributed by atoms with van der Waals surface area (Å²) in [5, 5.41) is 9.02. The minimum Gasteiger partial charge on any atom is -0.478 e. The van der Waals surface area contributed by atoms with E-state index in [0.717, 1.165) is 11.4 Å². The zero-order valence-electron chi connectivity index (χ0n) is 10.8. The van der Waals surface area contributed by atoms with Gasteiger partial charge < -0.3 is 14.2 Å². The Bertz CT molecular complexity index is 567. The molecule has 5 nitrogen and oxygen atoms in total. The topological polar surface area (TPSA) is 60.0 Å². The van der Waals surface area contributed by atoms with Gasteiger partial charge in [-0.2, -0.15) is 0 Å². The van der Waals surface area contributed by atoms with Crippen LogP contribution in [0.4, 0.5) is 0 Å². The molecule has 0 aliphatic carbocycles.